The number of imide groups is 1. The number of nitrogens with zero attached hydrogens (tertiary/aromatic N) is 3. The number of carbonyl (C=O) groups is 2. The van der Waals surface area contributed by atoms with Crippen LogP contribution in [0.15, 0.2) is 54.6 Å². The largest absolute Gasteiger partial charge is 0.497 e. The fourth-order valence-corrected chi connectivity index (χ4v) is 4.15. The lowest BCUT2D eigenvalue weighted by molar-refractivity contribution is -0.139. The molecule has 2 aromatic carbocycles. The summed E-state index contributed by atoms with van der Waals surface area (Å²) < 4.78 is 5.17. The Labute approximate surface area is 171 Å². The Morgan fingerprint density at radius 3 is 2.28 bits per heavy atom. The molecule has 2 aromatic rings. The van der Waals surface area contributed by atoms with Gasteiger partial charge in [-0.15, -0.1) is 0 Å². The van der Waals surface area contributed by atoms with Crippen LogP contribution in [0.5, 0.6) is 5.75 Å². The maximum Gasteiger partial charge on any atom is 0.247 e. The summed E-state index contributed by atoms with van der Waals surface area (Å²) in [5.41, 5.74) is 2.30. The minimum Gasteiger partial charge on any atom is -0.497 e. The van der Waals surface area contributed by atoms with E-state index in [1.165, 1.54) is 10.6 Å². The number of rotatable bonds is 6. The van der Waals surface area contributed by atoms with Crippen LogP contribution < -0.4 is 9.64 Å². The SMILES string of the molecule is COc1ccc(CCN2C(=O)C[C@H](N3CCN(c4ccccc4)CC3)C2=O)cc1. The van der Waals surface area contributed by atoms with Crippen LogP contribution in [0.3, 0.4) is 0 Å². The molecule has 6 heteroatoms. The van der Waals surface area contributed by atoms with Crippen molar-refractivity contribution in [2.45, 2.75) is 18.9 Å². The second-order valence-corrected chi connectivity index (χ2v) is 7.56. The summed E-state index contributed by atoms with van der Waals surface area (Å²) in [6.07, 6.45) is 0.961. The summed E-state index contributed by atoms with van der Waals surface area (Å²) in [4.78, 5) is 31.4. The first-order valence-corrected chi connectivity index (χ1v) is 10.2. The van der Waals surface area contributed by atoms with Gasteiger partial charge in [0.1, 0.15) is 5.75 Å². The van der Waals surface area contributed by atoms with E-state index in [9.17, 15) is 9.59 Å². The summed E-state index contributed by atoms with van der Waals surface area (Å²) in [5.74, 6) is 0.701. The Morgan fingerprint density at radius 2 is 1.62 bits per heavy atom. The van der Waals surface area contributed by atoms with E-state index in [1.807, 2.05) is 42.5 Å². The van der Waals surface area contributed by atoms with E-state index in [0.29, 0.717) is 19.4 Å². The molecule has 0 saturated carbocycles. The van der Waals surface area contributed by atoms with Crippen LogP contribution in [0.2, 0.25) is 0 Å². The molecule has 2 fully saturated rings. The minimum absolute atomic E-state index is 0.0447. The predicted molar refractivity (Wildman–Crippen MR) is 112 cm³/mol. The zero-order valence-electron chi connectivity index (χ0n) is 16.8. The van der Waals surface area contributed by atoms with E-state index < -0.39 is 0 Å². The van der Waals surface area contributed by atoms with Crippen LogP contribution in [-0.2, 0) is 16.0 Å². The number of methoxy groups -OCH3 is 1. The number of ether oxygens (including phenoxy) is 1. The third-order valence-corrected chi connectivity index (χ3v) is 5.88. The summed E-state index contributed by atoms with van der Waals surface area (Å²) in [6.45, 7) is 3.77. The Morgan fingerprint density at radius 1 is 0.931 bits per heavy atom. The van der Waals surface area contributed by atoms with Crippen molar-refractivity contribution in [3.8, 4) is 5.75 Å². The fraction of sp³-hybridized carbons (Fsp3) is 0.391. The van der Waals surface area contributed by atoms with Crippen LogP contribution in [0, 0.1) is 0 Å². The first kappa shape index (κ1) is 19.5. The molecule has 2 amide bonds. The molecule has 0 unspecified atom stereocenters. The van der Waals surface area contributed by atoms with Gasteiger partial charge in [0.15, 0.2) is 0 Å². The maximum absolute atomic E-state index is 12.9. The number of piperazine rings is 1. The van der Waals surface area contributed by atoms with Gasteiger partial charge in [0.2, 0.25) is 11.8 Å². The first-order chi connectivity index (χ1) is 14.2. The van der Waals surface area contributed by atoms with Gasteiger partial charge in [-0.05, 0) is 36.2 Å². The van der Waals surface area contributed by atoms with Gasteiger partial charge in [0.25, 0.3) is 0 Å². The number of hydrogen-bond acceptors (Lipinski definition) is 5. The number of hydrogen-bond donors (Lipinski definition) is 0. The highest BCUT2D eigenvalue weighted by molar-refractivity contribution is 6.05. The highest BCUT2D eigenvalue weighted by Crippen LogP contribution is 2.23. The molecular formula is C23H27N3O3. The zero-order valence-corrected chi connectivity index (χ0v) is 16.8. The van der Waals surface area contributed by atoms with Crippen molar-refractivity contribution in [3.05, 3.63) is 60.2 Å². The smallest absolute Gasteiger partial charge is 0.247 e. The Hall–Kier alpha value is -2.86. The number of amides is 2. The van der Waals surface area contributed by atoms with Gasteiger partial charge in [0.05, 0.1) is 19.6 Å². The van der Waals surface area contributed by atoms with Crippen LogP contribution in [0.1, 0.15) is 12.0 Å². The number of anilines is 1. The summed E-state index contributed by atoms with van der Waals surface area (Å²) in [6, 6.07) is 17.8. The molecule has 6 nitrogen and oxygen atoms in total. The predicted octanol–water partition coefficient (Wildman–Crippen LogP) is 2.19. The van der Waals surface area contributed by atoms with Gasteiger partial charge in [0, 0.05) is 38.4 Å². The van der Waals surface area contributed by atoms with Crippen LogP contribution in [-0.4, -0.2) is 67.5 Å². The highest BCUT2D eigenvalue weighted by atomic mass is 16.5. The minimum atomic E-state index is -0.309. The molecule has 2 aliphatic rings. The van der Waals surface area contributed by atoms with Crippen molar-refractivity contribution in [2.24, 2.45) is 0 Å². The van der Waals surface area contributed by atoms with Crippen molar-refractivity contribution in [2.75, 3.05) is 44.7 Å². The monoisotopic (exact) mass is 393 g/mol. The molecular weight excluding hydrogens is 366 g/mol. The van der Waals surface area contributed by atoms with Gasteiger partial charge >= 0.3 is 0 Å². The molecule has 0 N–H and O–H groups in total. The second kappa shape index (κ2) is 8.66. The van der Waals surface area contributed by atoms with Gasteiger partial charge in [-0.2, -0.15) is 0 Å². The molecule has 29 heavy (non-hydrogen) atoms. The molecule has 0 spiro atoms. The van der Waals surface area contributed by atoms with Crippen molar-refractivity contribution in [3.63, 3.8) is 0 Å². The molecule has 2 aliphatic heterocycles. The molecule has 2 heterocycles. The number of carbonyl (C=O) groups excluding carboxylic acids is 2. The molecule has 0 aromatic heterocycles. The molecule has 152 valence electrons. The van der Waals surface area contributed by atoms with E-state index in [-0.39, 0.29) is 17.9 Å². The summed E-state index contributed by atoms with van der Waals surface area (Å²) >= 11 is 0. The lowest BCUT2D eigenvalue weighted by Gasteiger charge is -2.38. The van der Waals surface area contributed by atoms with E-state index in [2.05, 4.69) is 21.9 Å². The van der Waals surface area contributed by atoms with Crippen molar-refractivity contribution in [1.82, 2.24) is 9.80 Å². The fourth-order valence-electron chi connectivity index (χ4n) is 4.15. The van der Waals surface area contributed by atoms with Crippen molar-refractivity contribution in [1.29, 1.82) is 0 Å². The Kier molecular flexibility index (Phi) is 5.81. The first-order valence-electron chi connectivity index (χ1n) is 10.2. The standard InChI is InChI=1S/C23H27N3O3/c1-29-20-9-7-18(8-10-20)11-12-26-22(27)17-21(23(26)28)25-15-13-24(14-16-25)19-5-3-2-4-6-19/h2-10,21H,11-17H2,1H3/t21-/m0/s1. The molecule has 4 rings (SSSR count). The van der Waals surface area contributed by atoms with Crippen LogP contribution >= 0.6 is 0 Å². The number of likely N-dealkylation sites (tertiary alicyclic amines) is 1. The van der Waals surface area contributed by atoms with E-state index in [1.54, 1.807) is 7.11 Å². The normalized spacial score (nSPS) is 20.4. The van der Waals surface area contributed by atoms with E-state index in [4.69, 9.17) is 4.74 Å². The van der Waals surface area contributed by atoms with Gasteiger partial charge < -0.3 is 9.64 Å². The molecule has 0 radical (unpaired) electrons. The number of benzene rings is 2. The topological polar surface area (TPSA) is 53.1 Å². The average molecular weight is 393 g/mol. The Bertz CT molecular complexity index is 845. The molecule has 2 saturated heterocycles. The van der Waals surface area contributed by atoms with Gasteiger partial charge in [-0.1, -0.05) is 30.3 Å². The Balaban J connectivity index is 1.32. The second-order valence-electron chi connectivity index (χ2n) is 7.56. The zero-order chi connectivity index (χ0) is 20.2. The summed E-state index contributed by atoms with van der Waals surface area (Å²) in [7, 11) is 1.64. The lowest BCUT2D eigenvalue weighted by Crippen LogP contribution is -2.52. The van der Waals surface area contributed by atoms with Crippen LogP contribution in [0.4, 0.5) is 5.69 Å². The highest BCUT2D eigenvalue weighted by Gasteiger charge is 2.42. The number of para-hydroxylation sites is 1. The third-order valence-electron chi connectivity index (χ3n) is 5.88. The molecule has 0 bridgehead atoms. The lowest BCUT2D eigenvalue weighted by atomic mass is 10.1. The molecule has 0 aliphatic carbocycles. The quantitative estimate of drug-likeness (QED) is 0.705. The summed E-state index contributed by atoms with van der Waals surface area (Å²) in [5, 5.41) is 0. The van der Waals surface area contributed by atoms with Gasteiger partial charge in [-0.3, -0.25) is 19.4 Å². The van der Waals surface area contributed by atoms with Crippen molar-refractivity contribution >= 4 is 17.5 Å². The van der Waals surface area contributed by atoms with Crippen molar-refractivity contribution < 1.29 is 14.3 Å². The van der Waals surface area contributed by atoms with Crippen LogP contribution in [0.25, 0.3) is 0 Å². The van der Waals surface area contributed by atoms with E-state index >= 15 is 0 Å². The molecule has 1 atom stereocenters. The van der Waals surface area contributed by atoms with Gasteiger partial charge in [-0.25, -0.2) is 0 Å². The average Bonchev–Trinajstić information content (AvgIpc) is 3.06. The van der Waals surface area contributed by atoms with E-state index in [0.717, 1.165) is 37.5 Å². The third kappa shape index (κ3) is 4.27. The maximum atomic E-state index is 12.9.